The van der Waals surface area contributed by atoms with E-state index >= 15 is 0 Å². The van der Waals surface area contributed by atoms with Crippen LogP contribution in [-0.4, -0.2) is 31.1 Å². The van der Waals surface area contributed by atoms with Gasteiger partial charge in [-0.3, -0.25) is 4.90 Å². The number of hydrogen-bond acceptors (Lipinski definition) is 4. The summed E-state index contributed by atoms with van der Waals surface area (Å²) in [6.07, 6.45) is 0. The maximum Gasteiger partial charge on any atom is 0.238 e. The van der Waals surface area contributed by atoms with Crippen molar-refractivity contribution in [1.82, 2.24) is 15.0 Å². The van der Waals surface area contributed by atoms with Gasteiger partial charge in [0.25, 0.3) is 0 Å². The predicted octanol–water partition coefficient (Wildman–Crippen LogP) is 9.43. The van der Waals surface area contributed by atoms with Crippen LogP contribution in [-0.2, 0) is 0 Å². The molecule has 69 heavy (non-hydrogen) atoms. The summed E-state index contributed by atoms with van der Waals surface area (Å²) in [4.78, 5) is 18.6. The number of anilines is 3. The lowest BCUT2D eigenvalue weighted by Crippen LogP contribution is -2.74. The molecule has 0 aliphatic heterocycles. The van der Waals surface area contributed by atoms with Crippen LogP contribution in [0.1, 0.15) is 0 Å². The third-order valence-electron chi connectivity index (χ3n) is 13.2. The molecular weight excluding hydrogens is 869 g/mol. The van der Waals surface area contributed by atoms with E-state index in [0.717, 1.165) is 22.5 Å². The number of benzene rings is 10. The molecule has 11 rings (SSSR count). The second-order valence-corrected chi connectivity index (χ2v) is 24.8. The Morgan fingerprint density at radius 2 is 0.478 bits per heavy atom. The van der Waals surface area contributed by atoms with Crippen molar-refractivity contribution in [3.8, 4) is 22.8 Å². The van der Waals surface area contributed by atoms with Crippen LogP contribution in [0.4, 0.5) is 17.3 Å². The van der Waals surface area contributed by atoms with E-state index in [1.54, 1.807) is 0 Å². The number of hydrogen-bond donors (Lipinski definition) is 0. The minimum atomic E-state index is -2.88. The molecule has 1 aromatic heterocycles. The Labute approximate surface area is 406 Å². The van der Waals surface area contributed by atoms with Crippen molar-refractivity contribution in [3.63, 3.8) is 0 Å². The maximum atomic E-state index is 5.51. The topological polar surface area (TPSA) is 41.9 Å². The molecule has 0 atom stereocenters. The molecule has 4 nitrogen and oxygen atoms in total. The van der Waals surface area contributed by atoms with Crippen LogP contribution in [0, 0.1) is 0 Å². The van der Waals surface area contributed by atoms with Crippen molar-refractivity contribution in [2.24, 2.45) is 0 Å². The first-order valence-electron chi connectivity index (χ1n) is 23.4. The van der Waals surface area contributed by atoms with Gasteiger partial charge in [0.05, 0.1) is 0 Å². The summed E-state index contributed by atoms with van der Waals surface area (Å²) >= 11 is 0. The molecule has 0 unspecified atom stereocenters. The van der Waals surface area contributed by atoms with Gasteiger partial charge in [0.2, 0.25) is 5.95 Å². The maximum absolute atomic E-state index is 5.51. The average Bonchev–Trinajstić information content (AvgIpc) is 3.44. The molecule has 0 radical (unpaired) electrons. The van der Waals surface area contributed by atoms with Crippen LogP contribution in [0.2, 0.25) is 0 Å². The smallest absolute Gasteiger partial charge is 0.238 e. The highest BCUT2D eigenvalue weighted by Gasteiger charge is 2.43. The summed E-state index contributed by atoms with van der Waals surface area (Å²) in [6, 6.07) is 105. The minimum Gasteiger partial charge on any atom is -0.279 e. The highest BCUT2D eigenvalue weighted by molar-refractivity contribution is 7.20. The molecule has 0 aliphatic carbocycles. The Bertz CT molecular complexity index is 3000. The lowest BCUT2D eigenvalue weighted by Gasteiger charge is -2.34. The third kappa shape index (κ3) is 8.12. The van der Waals surface area contributed by atoms with Crippen molar-refractivity contribution in [2.75, 3.05) is 4.90 Å². The van der Waals surface area contributed by atoms with Gasteiger partial charge in [-0.2, -0.15) is 9.97 Å². The fourth-order valence-electron chi connectivity index (χ4n) is 10.2. The van der Waals surface area contributed by atoms with Crippen LogP contribution in [0.5, 0.6) is 0 Å². The number of aromatic nitrogens is 3. The molecular formula is C63H48N4Si2. The monoisotopic (exact) mass is 916 g/mol. The Morgan fingerprint density at radius 1 is 0.232 bits per heavy atom. The van der Waals surface area contributed by atoms with E-state index in [2.05, 4.69) is 284 Å². The van der Waals surface area contributed by atoms with E-state index in [0.29, 0.717) is 17.6 Å². The molecule has 11 aromatic rings. The standard InChI is InChI=1S/C63H48N4Si2/c1-9-29-51(30-10-1)67(52-31-11-2-12-32-52)63-65-61(49-27-25-45-59(47-49)68(53-33-13-3-14-34-53,54-35-15-4-16-36-54)55-37-17-5-18-38-55)64-62(66-63)50-28-26-46-60(48-50)69(56-39-19-6-20-40-56,57-41-21-7-22-42-57)58-43-23-8-24-44-58/h1-48H. The molecule has 0 saturated heterocycles. The van der Waals surface area contributed by atoms with Crippen LogP contribution in [0.25, 0.3) is 22.8 Å². The largest absolute Gasteiger partial charge is 0.279 e. The fourth-order valence-corrected chi connectivity index (χ4v) is 19.8. The lowest BCUT2D eigenvalue weighted by atomic mass is 10.2. The Balaban J connectivity index is 1.17. The van der Waals surface area contributed by atoms with E-state index in [9.17, 15) is 0 Å². The molecule has 0 fully saturated rings. The van der Waals surface area contributed by atoms with Crippen LogP contribution in [0.15, 0.2) is 291 Å². The summed E-state index contributed by atoms with van der Waals surface area (Å²) in [5.74, 6) is 1.71. The summed E-state index contributed by atoms with van der Waals surface area (Å²) in [6.45, 7) is 0. The molecule has 328 valence electrons. The van der Waals surface area contributed by atoms with Crippen LogP contribution in [0.3, 0.4) is 0 Å². The number of rotatable bonds is 13. The minimum absolute atomic E-state index is 0.526. The Kier molecular flexibility index (Phi) is 12.1. The van der Waals surface area contributed by atoms with Gasteiger partial charge in [0.1, 0.15) is 0 Å². The Hall–Kier alpha value is -8.56. The molecule has 0 bridgehead atoms. The summed E-state index contributed by atoms with van der Waals surface area (Å²) in [7, 11) is -5.77. The zero-order valence-corrected chi connectivity index (χ0v) is 40.0. The van der Waals surface area contributed by atoms with E-state index < -0.39 is 16.1 Å². The summed E-state index contributed by atoms with van der Waals surface area (Å²) < 4.78 is 0. The molecule has 0 amide bonds. The summed E-state index contributed by atoms with van der Waals surface area (Å²) in [5, 5.41) is 10.3. The van der Waals surface area contributed by atoms with E-state index in [4.69, 9.17) is 15.0 Å². The molecule has 10 aromatic carbocycles. The highest BCUT2D eigenvalue weighted by Crippen LogP contribution is 2.34. The molecule has 1 heterocycles. The molecule has 6 heteroatoms. The predicted molar refractivity (Wildman–Crippen MR) is 293 cm³/mol. The first-order chi connectivity index (χ1) is 34.2. The average molecular weight is 917 g/mol. The number of nitrogens with zero attached hydrogens (tertiary/aromatic N) is 4. The van der Waals surface area contributed by atoms with Gasteiger partial charge in [0.15, 0.2) is 27.8 Å². The van der Waals surface area contributed by atoms with Crippen LogP contribution < -0.4 is 46.4 Å². The van der Waals surface area contributed by atoms with Gasteiger partial charge in [-0.1, -0.05) is 267 Å². The van der Waals surface area contributed by atoms with E-state index in [1.807, 2.05) is 12.1 Å². The first-order valence-corrected chi connectivity index (χ1v) is 27.4. The number of para-hydroxylation sites is 2. The molecule has 0 saturated carbocycles. The normalized spacial score (nSPS) is 11.5. The zero-order valence-electron chi connectivity index (χ0n) is 38.0. The van der Waals surface area contributed by atoms with Crippen molar-refractivity contribution >= 4 is 75.0 Å². The van der Waals surface area contributed by atoms with Crippen LogP contribution >= 0.6 is 0 Å². The lowest BCUT2D eigenvalue weighted by molar-refractivity contribution is 1.02. The fraction of sp³-hybridized carbons (Fsp3) is 0. The highest BCUT2D eigenvalue weighted by atomic mass is 28.3. The molecule has 0 N–H and O–H groups in total. The van der Waals surface area contributed by atoms with Gasteiger partial charge in [0, 0.05) is 22.5 Å². The first kappa shape index (κ1) is 43.0. The quantitative estimate of drug-likeness (QED) is 0.0855. The third-order valence-corrected chi connectivity index (χ3v) is 22.8. The van der Waals surface area contributed by atoms with Gasteiger partial charge in [-0.25, -0.2) is 4.98 Å². The molecule has 0 aliphatic rings. The second kappa shape index (κ2) is 19.3. The van der Waals surface area contributed by atoms with Crippen molar-refractivity contribution in [2.45, 2.75) is 0 Å². The zero-order chi connectivity index (χ0) is 46.3. The Morgan fingerprint density at radius 3 is 0.754 bits per heavy atom. The van der Waals surface area contributed by atoms with Crippen molar-refractivity contribution < 1.29 is 0 Å². The van der Waals surface area contributed by atoms with Crippen molar-refractivity contribution in [3.05, 3.63) is 291 Å². The SMILES string of the molecule is c1ccc(N(c2ccccc2)c2nc(-c3cccc([Si](c4ccccc4)(c4ccccc4)c4ccccc4)c3)nc(-c3cccc([Si](c4ccccc4)(c4ccccc4)c4ccccc4)c3)n2)cc1. The summed E-state index contributed by atoms with van der Waals surface area (Å²) in [5.41, 5.74) is 3.72. The van der Waals surface area contributed by atoms with Gasteiger partial charge in [-0.05, 0) is 65.8 Å². The van der Waals surface area contributed by atoms with Gasteiger partial charge in [-0.15, -0.1) is 0 Å². The second-order valence-electron chi connectivity index (χ2n) is 17.1. The van der Waals surface area contributed by atoms with Crippen molar-refractivity contribution in [1.29, 1.82) is 0 Å². The van der Waals surface area contributed by atoms with Gasteiger partial charge < -0.3 is 0 Å². The van der Waals surface area contributed by atoms with E-state index in [1.165, 1.54) is 41.5 Å². The van der Waals surface area contributed by atoms with Gasteiger partial charge >= 0.3 is 0 Å². The van der Waals surface area contributed by atoms with E-state index in [-0.39, 0.29) is 0 Å². The molecule has 0 spiro atoms.